The number of carboxylic acids is 1. The van der Waals surface area contributed by atoms with Gasteiger partial charge in [-0.05, 0) is 34.4 Å². The lowest BCUT2D eigenvalue weighted by atomic mass is 9.98. The van der Waals surface area contributed by atoms with E-state index in [4.69, 9.17) is 4.74 Å². The zero-order chi connectivity index (χ0) is 21.5. The summed E-state index contributed by atoms with van der Waals surface area (Å²) in [5.41, 5.74) is 4.44. The number of rotatable bonds is 9. The fourth-order valence-corrected chi connectivity index (χ4v) is 4.32. The van der Waals surface area contributed by atoms with E-state index in [1.54, 1.807) is 0 Å². The van der Waals surface area contributed by atoms with Crippen LogP contribution in [0.5, 0.6) is 0 Å². The van der Waals surface area contributed by atoms with Gasteiger partial charge in [0.15, 0.2) is 0 Å². The fraction of sp³-hybridized carbons (Fsp3) is 0.318. The third-order valence-corrected chi connectivity index (χ3v) is 5.78. The Bertz CT molecular complexity index is 888. The molecule has 0 saturated heterocycles. The number of hydrogen-bond donors (Lipinski definition) is 3. The van der Waals surface area contributed by atoms with Crippen LogP contribution < -0.4 is 10.6 Å². The van der Waals surface area contributed by atoms with Crippen molar-refractivity contribution in [1.82, 2.24) is 10.6 Å². The van der Waals surface area contributed by atoms with Crippen LogP contribution in [0.3, 0.4) is 0 Å². The number of thioether (sulfide) groups is 1. The molecule has 0 saturated carbocycles. The average Bonchev–Trinajstić information content (AvgIpc) is 3.04. The molecule has 2 amide bonds. The predicted molar refractivity (Wildman–Crippen MR) is 115 cm³/mol. The maximum absolute atomic E-state index is 12.3. The molecular weight excluding hydrogens is 404 g/mol. The van der Waals surface area contributed by atoms with Crippen LogP contribution >= 0.6 is 11.8 Å². The maximum atomic E-state index is 12.3. The summed E-state index contributed by atoms with van der Waals surface area (Å²) in [5.74, 6) is -0.481. The third-order valence-electron chi connectivity index (χ3n) is 4.91. The molecule has 3 rings (SSSR count). The van der Waals surface area contributed by atoms with E-state index in [1.807, 2.05) is 48.5 Å². The average molecular weight is 429 g/mol. The third kappa shape index (κ3) is 5.33. The Morgan fingerprint density at radius 3 is 2.23 bits per heavy atom. The monoisotopic (exact) mass is 428 g/mol. The van der Waals surface area contributed by atoms with Gasteiger partial charge in [0.25, 0.3) is 0 Å². The zero-order valence-electron chi connectivity index (χ0n) is 16.6. The molecule has 7 nitrogen and oxygen atoms in total. The van der Waals surface area contributed by atoms with Gasteiger partial charge in [-0.25, -0.2) is 9.59 Å². The molecule has 1 atom stereocenters. The summed E-state index contributed by atoms with van der Waals surface area (Å²) < 4.78 is 5.40. The Hall–Kier alpha value is -3.00. The highest BCUT2D eigenvalue weighted by atomic mass is 32.2. The minimum atomic E-state index is -1.12. The Balaban J connectivity index is 1.54. The SMILES string of the molecule is CC(=O)NCSCC[C@@H](NC(=O)OCC1c2ccccc2-c2ccccc21)C(=O)O. The van der Waals surface area contributed by atoms with Gasteiger partial charge < -0.3 is 20.5 Å². The summed E-state index contributed by atoms with van der Waals surface area (Å²) in [5, 5.41) is 14.4. The van der Waals surface area contributed by atoms with E-state index in [2.05, 4.69) is 10.6 Å². The first-order valence-electron chi connectivity index (χ1n) is 9.64. The van der Waals surface area contributed by atoms with Gasteiger partial charge in [0, 0.05) is 12.8 Å². The van der Waals surface area contributed by atoms with E-state index in [9.17, 15) is 19.5 Å². The largest absolute Gasteiger partial charge is 0.480 e. The van der Waals surface area contributed by atoms with Crippen molar-refractivity contribution in [1.29, 1.82) is 0 Å². The first kappa shape index (κ1) is 21.7. The summed E-state index contributed by atoms with van der Waals surface area (Å²) >= 11 is 1.39. The number of alkyl carbamates (subject to hydrolysis) is 1. The van der Waals surface area contributed by atoms with Crippen LogP contribution in [0.25, 0.3) is 11.1 Å². The highest BCUT2D eigenvalue weighted by Gasteiger charge is 2.29. The van der Waals surface area contributed by atoms with Gasteiger partial charge in [-0.3, -0.25) is 4.79 Å². The van der Waals surface area contributed by atoms with E-state index in [-0.39, 0.29) is 24.9 Å². The van der Waals surface area contributed by atoms with Crippen LogP contribution in [0.1, 0.15) is 30.4 Å². The molecular formula is C22H24N2O5S. The number of carbonyl (C=O) groups is 3. The van der Waals surface area contributed by atoms with Crippen molar-refractivity contribution in [3.05, 3.63) is 59.7 Å². The summed E-state index contributed by atoms with van der Waals surface area (Å²) in [6.45, 7) is 1.54. The number of ether oxygens (including phenoxy) is 1. The number of carboxylic acid groups (broad SMARTS) is 1. The highest BCUT2D eigenvalue weighted by Crippen LogP contribution is 2.44. The van der Waals surface area contributed by atoms with Gasteiger partial charge in [-0.15, -0.1) is 11.8 Å². The minimum Gasteiger partial charge on any atom is -0.480 e. The quantitative estimate of drug-likeness (QED) is 0.419. The standard InChI is InChI=1S/C22H24N2O5S/c1-14(25)23-13-30-11-10-20(21(26)27)24-22(28)29-12-19-17-8-4-2-6-15(17)16-7-3-5-9-18(16)19/h2-9,19-20H,10-13H2,1H3,(H,23,25)(H,24,28)(H,26,27)/t20-/m1/s1. The lowest BCUT2D eigenvalue weighted by Crippen LogP contribution is -2.41. The summed E-state index contributed by atoms with van der Waals surface area (Å²) in [6.07, 6.45) is -0.528. The molecule has 30 heavy (non-hydrogen) atoms. The predicted octanol–water partition coefficient (Wildman–Crippen LogP) is 3.20. The van der Waals surface area contributed by atoms with E-state index >= 15 is 0 Å². The zero-order valence-corrected chi connectivity index (χ0v) is 17.4. The van der Waals surface area contributed by atoms with E-state index in [0.29, 0.717) is 11.6 Å². The lowest BCUT2D eigenvalue weighted by molar-refractivity contribution is -0.139. The molecule has 0 fully saturated rings. The molecule has 2 aromatic carbocycles. The maximum Gasteiger partial charge on any atom is 0.407 e. The number of hydrogen-bond acceptors (Lipinski definition) is 5. The molecule has 0 bridgehead atoms. The van der Waals surface area contributed by atoms with Crippen molar-refractivity contribution in [2.75, 3.05) is 18.2 Å². The lowest BCUT2D eigenvalue weighted by Gasteiger charge is -2.17. The van der Waals surface area contributed by atoms with Crippen LogP contribution in [0.15, 0.2) is 48.5 Å². The van der Waals surface area contributed by atoms with Gasteiger partial charge in [-0.1, -0.05) is 48.5 Å². The van der Waals surface area contributed by atoms with Crippen molar-refractivity contribution in [3.63, 3.8) is 0 Å². The number of fused-ring (bicyclic) bond motifs is 3. The number of amides is 2. The summed E-state index contributed by atoms with van der Waals surface area (Å²) in [6, 6.07) is 15.0. The normalized spacial score (nSPS) is 13.1. The van der Waals surface area contributed by atoms with Crippen molar-refractivity contribution in [3.8, 4) is 11.1 Å². The first-order chi connectivity index (χ1) is 14.5. The molecule has 1 aliphatic rings. The second-order valence-electron chi connectivity index (χ2n) is 6.93. The topological polar surface area (TPSA) is 105 Å². The van der Waals surface area contributed by atoms with Gasteiger partial charge in [-0.2, -0.15) is 0 Å². The smallest absolute Gasteiger partial charge is 0.407 e. The number of nitrogens with one attached hydrogen (secondary N) is 2. The van der Waals surface area contributed by atoms with Crippen molar-refractivity contribution >= 4 is 29.7 Å². The summed E-state index contributed by atoms with van der Waals surface area (Å²) in [7, 11) is 0. The molecule has 2 aromatic rings. The molecule has 158 valence electrons. The Labute approximate surface area is 179 Å². The molecule has 8 heteroatoms. The number of benzene rings is 2. The second kappa shape index (κ2) is 10.2. The van der Waals surface area contributed by atoms with E-state index in [1.165, 1.54) is 18.7 Å². The number of aliphatic carboxylic acids is 1. The van der Waals surface area contributed by atoms with Crippen LogP contribution in [0, 0.1) is 0 Å². The van der Waals surface area contributed by atoms with Gasteiger partial charge in [0.05, 0.1) is 5.88 Å². The van der Waals surface area contributed by atoms with Crippen molar-refractivity contribution < 1.29 is 24.2 Å². The second-order valence-corrected chi connectivity index (χ2v) is 8.04. The van der Waals surface area contributed by atoms with E-state index in [0.717, 1.165) is 22.3 Å². The van der Waals surface area contributed by atoms with Crippen LogP contribution in [-0.4, -0.2) is 47.4 Å². The Morgan fingerprint density at radius 1 is 1.07 bits per heavy atom. The molecule has 3 N–H and O–H groups in total. The highest BCUT2D eigenvalue weighted by molar-refractivity contribution is 7.99. The van der Waals surface area contributed by atoms with Crippen molar-refractivity contribution in [2.45, 2.75) is 25.3 Å². The van der Waals surface area contributed by atoms with Gasteiger partial charge in [0.1, 0.15) is 12.6 Å². The van der Waals surface area contributed by atoms with Gasteiger partial charge >= 0.3 is 12.1 Å². The van der Waals surface area contributed by atoms with E-state index < -0.39 is 18.1 Å². The Kier molecular flexibility index (Phi) is 7.35. The van der Waals surface area contributed by atoms with Gasteiger partial charge in [0.2, 0.25) is 5.91 Å². The number of carbonyl (C=O) groups excluding carboxylic acids is 2. The molecule has 0 heterocycles. The molecule has 0 spiro atoms. The molecule has 0 aliphatic heterocycles. The molecule has 0 radical (unpaired) electrons. The minimum absolute atomic E-state index is 0.0837. The first-order valence-corrected chi connectivity index (χ1v) is 10.8. The Morgan fingerprint density at radius 2 is 1.67 bits per heavy atom. The molecule has 0 aromatic heterocycles. The molecule has 0 unspecified atom stereocenters. The fourth-order valence-electron chi connectivity index (χ4n) is 3.47. The van der Waals surface area contributed by atoms with Crippen LogP contribution in [-0.2, 0) is 14.3 Å². The van der Waals surface area contributed by atoms with Crippen LogP contribution in [0.2, 0.25) is 0 Å². The molecule has 1 aliphatic carbocycles. The van der Waals surface area contributed by atoms with Crippen molar-refractivity contribution in [2.24, 2.45) is 0 Å². The van der Waals surface area contributed by atoms with Crippen LogP contribution in [0.4, 0.5) is 4.79 Å². The summed E-state index contributed by atoms with van der Waals surface area (Å²) in [4.78, 5) is 34.5.